The minimum Gasteiger partial charge on any atom is -0.473 e. The van der Waals surface area contributed by atoms with Gasteiger partial charge in [-0.2, -0.15) is 0 Å². The molecule has 1 aromatic rings. The first-order valence-corrected chi connectivity index (χ1v) is 8.33. The van der Waals surface area contributed by atoms with Gasteiger partial charge in [-0.15, -0.1) is 0 Å². The SMILES string of the molecule is CCCCN(CCCC)CC(O)c1ccccc1.O=C(O)C(=O)O. The lowest BCUT2D eigenvalue weighted by molar-refractivity contribution is -0.159. The van der Waals surface area contributed by atoms with Crippen molar-refractivity contribution in [2.45, 2.75) is 45.6 Å². The average molecular weight is 339 g/mol. The predicted octanol–water partition coefficient (Wildman–Crippen LogP) is 2.78. The fourth-order valence-electron chi connectivity index (χ4n) is 2.08. The number of hydrogen-bond acceptors (Lipinski definition) is 4. The van der Waals surface area contributed by atoms with E-state index in [1.54, 1.807) is 0 Å². The summed E-state index contributed by atoms with van der Waals surface area (Å²) >= 11 is 0. The molecule has 1 rings (SSSR count). The minimum absolute atomic E-state index is 0.361. The lowest BCUT2D eigenvalue weighted by Gasteiger charge is -2.25. The van der Waals surface area contributed by atoms with E-state index in [4.69, 9.17) is 19.8 Å². The van der Waals surface area contributed by atoms with Crippen molar-refractivity contribution in [1.29, 1.82) is 0 Å². The van der Waals surface area contributed by atoms with Crippen LogP contribution >= 0.6 is 0 Å². The number of aliphatic hydroxyl groups excluding tert-OH is 1. The van der Waals surface area contributed by atoms with Gasteiger partial charge in [-0.3, -0.25) is 0 Å². The lowest BCUT2D eigenvalue weighted by atomic mass is 10.1. The molecule has 0 amide bonds. The summed E-state index contributed by atoms with van der Waals surface area (Å²) in [5.74, 6) is -3.65. The molecule has 0 fully saturated rings. The maximum Gasteiger partial charge on any atom is 0.414 e. The van der Waals surface area contributed by atoms with E-state index in [1.165, 1.54) is 25.7 Å². The molecule has 0 aliphatic carbocycles. The van der Waals surface area contributed by atoms with Gasteiger partial charge in [0.2, 0.25) is 0 Å². The van der Waals surface area contributed by atoms with Gasteiger partial charge < -0.3 is 20.2 Å². The number of aliphatic hydroxyl groups is 1. The van der Waals surface area contributed by atoms with E-state index < -0.39 is 11.9 Å². The maximum atomic E-state index is 10.2. The third-order valence-electron chi connectivity index (χ3n) is 3.45. The second-order valence-electron chi connectivity index (χ2n) is 5.54. The van der Waals surface area contributed by atoms with Crippen LogP contribution in [0.3, 0.4) is 0 Å². The molecule has 1 atom stereocenters. The van der Waals surface area contributed by atoms with Crippen LogP contribution in [0.1, 0.15) is 51.2 Å². The van der Waals surface area contributed by atoms with Gasteiger partial charge in [0.1, 0.15) is 0 Å². The topological polar surface area (TPSA) is 98.1 Å². The summed E-state index contributed by atoms with van der Waals surface area (Å²) in [5.41, 5.74) is 1.02. The van der Waals surface area contributed by atoms with Crippen molar-refractivity contribution < 1.29 is 24.9 Å². The normalized spacial score (nSPS) is 11.5. The molecule has 0 aliphatic heterocycles. The molecule has 136 valence electrons. The van der Waals surface area contributed by atoms with E-state index in [2.05, 4.69) is 18.7 Å². The van der Waals surface area contributed by atoms with E-state index in [9.17, 15) is 5.11 Å². The van der Waals surface area contributed by atoms with Gasteiger partial charge in [0.15, 0.2) is 0 Å². The van der Waals surface area contributed by atoms with Crippen LogP contribution in [0.15, 0.2) is 30.3 Å². The quantitative estimate of drug-likeness (QED) is 0.599. The number of carboxylic acids is 2. The zero-order valence-corrected chi connectivity index (χ0v) is 14.5. The molecule has 0 saturated heterocycles. The number of rotatable bonds is 9. The summed E-state index contributed by atoms with van der Waals surface area (Å²) in [7, 11) is 0. The maximum absolute atomic E-state index is 10.2. The summed E-state index contributed by atoms with van der Waals surface area (Å²) in [6.07, 6.45) is 4.49. The van der Waals surface area contributed by atoms with Gasteiger partial charge in [0, 0.05) is 6.54 Å². The number of carboxylic acid groups (broad SMARTS) is 2. The highest BCUT2D eigenvalue weighted by Gasteiger charge is 2.12. The Morgan fingerprint density at radius 3 is 1.79 bits per heavy atom. The van der Waals surface area contributed by atoms with Crippen LogP contribution < -0.4 is 0 Å². The Hall–Kier alpha value is -1.92. The number of unbranched alkanes of at least 4 members (excludes halogenated alkanes) is 2. The Kier molecular flexibility index (Phi) is 12.4. The summed E-state index contributed by atoms with van der Waals surface area (Å²) in [4.78, 5) is 20.6. The molecule has 6 nitrogen and oxygen atoms in total. The second-order valence-corrected chi connectivity index (χ2v) is 5.54. The monoisotopic (exact) mass is 339 g/mol. The molecule has 24 heavy (non-hydrogen) atoms. The third kappa shape index (κ3) is 10.7. The van der Waals surface area contributed by atoms with Crippen molar-refractivity contribution in [1.82, 2.24) is 4.90 Å². The highest BCUT2D eigenvalue weighted by atomic mass is 16.4. The number of carbonyl (C=O) groups is 2. The fourth-order valence-corrected chi connectivity index (χ4v) is 2.08. The first kappa shape index (κ1) is 22.1. The molecule has 6 heteroatoms. The zero-order valence-electron chi connectivity index (χ0n) is 14.5. The van der Waals surface area contributed by atoms with Gasteiger partial charge in [0.25, 0.3) is 0 Å². The van der Waals surface area contributed by atoms with Crippen molar-refractivity contribution in [3.8, 4) is 0 Å². The van der Waals surface area contributed by atoms with Crippen LogP contribution in [0, 0.1) is 0 Å². The Morgan fingerprint density at radius 1 is 0.958 bits per heavy atom. The van der Waals surface area contributed by atoms with Crippen molar-refractivity contribution in [2.75, 3.05) is 19.6 Å². The molecule has 0 aliphatic rings. The first-order valence-electron chi connectivity index (χ1n) is 8.33. The van der Waals surface area contributed by atoms with Crippen molar-refractivity contribution in [3.05, 3.63) is 35.9 Å². The van der Waals surface area contributed by atoms with E-state index in [0.29, 0.717) is 0 Å². The number of nitrogens with zero attached hydrogens (tertiary/aromatic N) is 1. The van der Waals surface area contributed by atoms with Crippen LogP contribution in [0.4, 0.5) is 0 Å². The second kappa shape index (κ2) is 13.5. The van der Waals surface area contributed by atoms with Gasteiger partial charge in [-0.1, -0.05) is 57.0 Å². The van der Waals surface area contributed by atoms with Gasteiger partial charge in [-0.25, -0.2) is 9.59 Å². The average Bonchev–Trinajstić information content (AvgIpc) is 2.58. The highest BCUT2D eigenvalue weighted by Crippen LogP contribution is 2.14. The van der Waals surface area contributed by atoms with Crippen molar-refractivity contribution >= 4 is 11.9 Å². The van der Waals surface area contributed by atoms with Crippen LogP contribution in [-0.4, -0.2) is 51.8 Å². The van der Waals surface area contributed by atoms with Crippen molar-refractivity contribution in [3.63, 3.8) is 0 Å². The number of aliphatic carboxylic acids is 2. The van der Waals surface area contributed by atoms with Crippen LogP contribution in [0.25, 0.3) is 0 Å². The Morgan fingerprint density at radius 2 is 1.42 bits per heavy atom. The van der Waals surface area contributed by atoms with E-state index in [-0.39, 0.29) is 6.10 Å². The smallest absolute Gasteiger partial charge is 0.414 e. The summed E-state index contributed by atoms with van der Waals surface area (Å²) in [6.45, 7) is 7.38. The molecule has 0 spiro atoms. The largest absolute Gasteiger partial charge is 0.473 e. The predicted molar refractivity (Wildman–Crippen MR) is 92.9 cm³/mol. The van der Waals surface area contributed by atoms with E-state index in [0.717, 1.165) is 25.2 Å². The number of hydrogen-bond donors (Lipinski definition) is 3. The molecule has 0 aromatic heterocycles. The minimum atomic E-state index is -1.82. The van der Waals surface area contributed by atoms with Crippen LogP contribution in [0.2, 0.25) is 0 Å². The zero-order chi connectivity index (χ0) is 18.4. The first-order chi connectivity index (χ1) is 11.4. The summed E-state index contributed by atoms with van der Waals surface area (Å²) in [6, 6.07) is 9.97. The fraction of sp³-hybridized carbons (Fsp3) is 0.556. The van der Waals surface area contributed by atoms with Crippen LogP contribution in [-0.2, 0) is 9.59 Å². The lowest BCUT2D eigenvalue weighted by Crippen LogP contribution is -2.30. The highest BCUT2D eigenvalue weighted by molar-refractivity contribution is 6.27. The number of benzene rings is 1. The van der Waals surface area contributed by atoms with Crippen LogP contribution in [0.5, 0.6) is 0 Å². The Labute approximate surface area is 143 Å². The van der Waals surface area contributed by atoms with E-state index in [1.807, 2.05) is 30.3 Å². The molecule has 1 aromatic carbocycles. The molecule has 0 radical (unpaired) electrons. The molecule has 0 saturated carbocycles. The molecular formula is C18H29NO5. The molecule has 0 bridgehead atoms. The molecule has 3 N–H and O–H groups in total. The molecule has 0 heterocycles. The van der Waals surface area contributed by atoms with Gasteiger partial charge in [-0.05, 0) is 31.5 Å². The third-order valence-corrected chi connectivity index (χ3v) is 3.45. The summed E-state index contributed by atoms with van der Waals surface area (Å²) < 4.78 is 0. The Balaban J connectivity index is 0.000000754. The Bertz CT molecular complexity index is 444. The van der Waals surface area contributed by atoms with Crippen molar-refractivity contribution in [2.24, 2.45) is 0 Å². The molecular weight excluding hydrogens is 310 g/mol. The molecule has 1 unspecified atom stereocenters. The summed E-state index contributed by atoms with van der Waals surface area (Å²) in [5, 5.41) is 25.0. The standard InChI is InChI=1S/C16H27NO.C2H2O4/c1-3-5-12-17(13-6-4-2)14-16(18)15-10-8-7-9-11-15;3-1(4)2(5)6/h7-11,16,18H,3-6,12-14H2,1-2H3;(H,3,4)(H,5,6). The van der Waals surface area contributed by atoms with Gasteiger partial charge in [0.05, 0.1) is 6.10 Å². The van der Waals surface area contributed by atoms with Gasteiger partial charge >= 0.3 is 11.9 Å². The van der Waals surface area contributed by atoms with E-state index >= 15 is 0 Å².